The van der Waals surface area contributed by atoms with Gasteiger partial charge in [0.2, 0.25) is 0 Å². The third kappa shape index (κ3) is 4.20. The van der Waals surface area contributed by atoms with Crippen LogP contribution in [0.3, 0.4) is 0 Å². The Bertz CT molecular complexity index is 798. The first-order chi connectivity index (χ1) is 11.4. The fraction of sp³-hybridized carbons (Fsp3) is 0.125. The van der Waals surface area contributed by atoms with Gasteiger partial charge in [0, 0.05) is 16.6 Å². The molecule has 1 N–H and O–H groups in total. The minimum atomic E-state index is -0.911. The van der Waals surface area contributed by atoms with Crippen LogP contribution in [0.5, 0.6) is 11.5 Å². The van der Waals surface area contributed by atoms with Crippen LogP contribution in [0.25, 0.3) is 0 Å². The fourth-order valence-corrected chi connectivity index (χ4v) is 2.34. The highest BCUT2D eigenvalue weighted by molar-refractivity contribution is 9.10. The van der Waals surface area contributed by atoms with Gasteiger partial charge in [0.05, 0.1) is 24.4 Å². The van der Waals surface area contributed by atoms with Crippen molar-refractivity contribution in [3.05, 3.63) is 52.0 Å². The summed E-state index contributed by atoms with van der Waals surface area (Å²) in [5.74, 6) is -1.78. The standard InChI is InChI=1S/C16H11BrF2N2O3/c1-23-14-4-9(7-20)2-3-13(14)24-8-15(22)21-16-11(17)5-10(18)6-12(16)19/h2-6H,8H2,1H3,(H,21,22). The van der Waals surface area contributed by atoms with Crippen molar-refractivity contribution in [1.82, 2.24) is 0 Å². The SMILES string of the molecule is COc1cc(C#N)ccc1OCC(=O)Nc1c(F)cc(F)cc1Br. The highest BCUT2D eigenvalue weighted by Crippen LogP contribution is 2.29. The lowest BCUT2D eigenvalue weighted by Gasteiger charge is -2.12. The molecule has 0 aliphatic rings. The minimum Gasteiger partial charge on any atom is -0.493 e. The van der Waals surface area contributed by atoms with E-state index in [1.165, 1.54) is 25.3 Å². The summed E-state index contributed by atoms with van der Waals surface area (Å²) in [5.41, 5.74) is 0.192. The van der Waals surface area contributed by atoms with Crippen molar-refractivity contribution < 1.29 is 23.0 Å². The number of ether oxygens (including phenoxy) is 2. The first kappa shape index (κ1) is 17.7. The largest absolute Gasteiger partial charge is 0.493 e. The summed E-state index contributed by atoms with van der Waals surface area (Å²) in [6, 6.07) is 8.09. The summed E-state index contributed by atoms with van der Waals surface area (Å²) in [5, 5.41) is 11.1. The summed E-state index contributed by atoms with van der Waals surface area (Å²) in [4.78, 5) is 11.9. The lowest BCUT2D eigenvalue weighted by atomic mass is 10.2. The van der Waals surface area contributed by atoms with E-state index in [1.54, 1.807) is 0 Å². The Morgan fingerprint density at radius 2 is 2.04 bits per heavy atom. The highest BCUT2D eigenvalue weighted by atomic mass is 79.9. The van der Waals surface area contributed by atoms with Gasteiger partial charge in [0.25, 0.3) is 5.91 Å². The molecule has 0 aliphatic heterocycles. The van der Waals surface area contributed by atoms with Crippen LogP contribution in [-0.2, 0) is 4.79 Å². The molecule has 24 heavy (non-hydrogen) atoms. The van der Waals surface area contributed by atoms with Crippen LogP contribution in [0.15, 0.2) is 34.8 Å². The van der Waals surface area contributed by atoms with Gasteiger partial charge in [-0.15, -0.1) is 0 Å². The van der Waals surface area contributed by atoms with E-state index in [4.69, 9.17) is 14.7 Å². The summed E-state index contributed by atoms with van der Waals surface area (Å²) < 4.78 is 37.1. The second-order valence-electron chi connectivity index (χ2n) is 4.56. The predicted molar refractivity (Wildman–Crippen MR) is 85.9 cm³/mol. The number of nitriles is 1. The van der Waals surface area contributed by atoms with E-state index < -0.39 is 24.1 Å². The van der Waals surface area contributed by atoms with E-state index >= 15 is 0 Å². The highest BCUT2D eigenvalue weighted by Gasteiger charge is 2.14. The molecule has 0 bridgehead atoms. The minimum absolute atomic E-state index is 0.0734. The number of anilines is 1. The Morgan fingerprint density at radius 1 is 1.29 bits per heavy atom. The van der Waals surface area contributed by atoms with Crippen LogP contribution in [-0.4, -0.2) is 19.6 Å². The number of nitrogens with one attached hydrogen (secondary N) is 1. The molecule has 0 saturated carbocycles. The zero-order chi connectivity index (χ0) is 17.7. The van der Waals surface area contributed by atoms with E-state index in [1.807, 2.05) is 6.07 Å². The van der Waals surface area contributed by atoms with Crippen LogP contribution in [0, 0.1) is 23.0 Å². The molecule has 0 heterocycles. The number of rotatable bonds is 5. The van der Waals surface area contributed by atoms with E-state index in [-0.39, 0.29) is 21.7 Å². The van der Waals surface area contributed by atoms with Gasteiger partial charge in [-0.1, -0.05) is 0 Å². The molecule has 2 aromatic carbocycles. The molecule has 0 spiro atoms. The molecule has 8 heteroatoms. The van der Waals surface area contributed by atoms with Gasteiger partial charge in [-0.3, -0.25) is 4.79 Å². The third-order valence-electron chi connectivity index (χ3n) is 2.92. The monoisotopic (exact) mass is 396 g/mol. The van der Waals surface area contributed by atoms with E-state index in [2.05, 4.69) is 21.2 Å². The normalized spacial score (nSPS) is 9.96. The maximum atomic E-state index is 13.7. The lowest BCUT2D eigenvalue weighted by Crippen LogP contribution is -2.21. The molecule has 124 valence electrons. The number of methoxy groups -OCH3 is 1. The van der Waals surface area contributed by atoms with E-state index in [0.717, 1.165) is 6.07 Å². The first-order valence-corrected chi connectivity index (χ1v) is 7.39. The van der Waals surface area contributed by atoms with Crippen molar-refractivity contribution in [1.29, 1.82) is 5.26 Å². The van der Waals surface area contributed by atoms with Crippen LogP contribution >= 0.6 is 15.9 Å². The van der Waals surface area contributed by atoms with Crippen molar-refractivity contribution >= 4 is 27.5 Å². The van der Waals surface area contributed by atoms with Gasteiger partial charge >= 0.3 is 0 Å². The topological polar surface area (TPSA) is 71.3 Å². The zero-order valence-electron chi connectivity index (χ0n) is 12.4. The fourth-order valence-electron chi connectivity index (χ4n) is 1.84. The number of hydrogen-bond donors (Lipinski definition) is 1. The summed E-state index contributed by atoms with van der Waals surface area (Å²) in [7, 11) is 1.40. The summed E-state index contributed by atoms with van der Waals surface area (Å²) >= 11 is 2.97. The van der Waals surface area contributed by atoms with Gasteiger partial charge in [-0.25, -0.2) is 8.78 Å². The maximum absolute atomic E-state index is 13.7. The molecular weight excluding hydrogens is 386 g/mol. The maximum Gasteiger partial charge on any atom is 0.262 e. The molecule has 0 radical (unpaired) electrons. The number of benzene rings is 2. The Labute approximate surface area is 144 Å². The van der Waals surface area contributed by atoms with Crippen LogP contribution in [0.1, 0.15) is 5.56 Å². The van der Waals surface area contributed by atoms with Gasteiger partial charge in [0.15, 0.2) is 23.9 Å². The molecule has 0 atom stereocenters. The molecule has 1 amide bonds. The molecule has 0 saturated heterocycles. The molecule has 5 nitrogen and oxygen atoms in total. The molecule has 0 aliphatic carbocycles. The second kappa shape index (κ2) is 7.75. The third-order valence-corrected chi connectivity index (χ3v) is 3.55. The smallest absolute Gasteiger partial charge is 0.262 e. The quantitative estimate of drug-likeness (QED) is 0.837. The second-order valence-corrected chi connectivity index (χ2v) is 5.41. The van der Waals surface area contributed by atoms with E-state index in [9.17, 15) is 13.6 Å². The first-order valence-electron chi connectivity index (χ1n) is 6.60. The van der Waals surface area contributed by atoms with Crippen molar-refractivity contribution in [2.24, 2.45) is 0 Å². The Balaban J connectivity index is 2.06. The van der Waals surface area contributed by atoms with Crippen LogP contribution in [0.4, 0.5) is 14.5 Å². The Kier molecular flexibility index (Phi) is 5.71. The van der Waals surface area contributed by atoms with Gasteiger partial charge in [0.1, 0.15) is 5.82 Å². The molecule has 2 aromatic rings. The van der Waals surface area contributed by atoms with Gasteiger partial charge < -0.3 is 14.8 Å². The van der Waals surface area contributed by atoms with Crippen molar-refractivity contribution in [3.63, 3.8) is 0 Å². The van der Waals surface area contributed by atoms with Gasteiger partial charge in [-0.2, -0.15) is 5.26 Å². The average Bonchev–Trinajstić information content (AvgIpc) is 2.56. The van der Waals surface area contributed by atoms with E-state index in [0.29, 0.717) is 11.6 Å². The molecule has 0 fully saturated rings. The predicted octanol–water partition coefficient (Wildman–Crippen LogP) is 3.63. The van der Waals surface area contributed by atoms with Gasteiger partial charge in [-0.05, 0) is 34.1 Å². The Morgan fingerprint density at radius 3 is 2.67 bits per heavy atom. The van der Waals surface area contributed by atoms with Crippen molar-refractivity contribution in [3.8, 4) is 17.6 Å². The van der Waals surface area contributed by atoms with Crippen LogP contribution < -0.4 is 14.8 Å². The molecule has 0 aromatic heterocycles. The Hall–Kier alpha value is -2.66. The average molecular weight is 397 g/mol. The molecular formula is C16H11BrF2N2O3. The summed E-state index contributed by atoms with van der Waals surface area (Å²) in [6.45, 7) is -0.425. The van der Waals surface area contributed by atoms with Crippen molar-refractivity contribution in [2.45, 2.75) is 0 Å². The number of amides is 1. The number of carbonyl (C=O) groups is 1. The molecule has 0 unspecified atom stereocenters. The van der Waals surface area contributed by atoms with Crippen LogP contribution in [0.2, 0.25) is 0 Å². The number of halogens is 3. The lowest BCUT2D eigenvalue weighted by molar-refractivity contribution is -0.118. The van der Waals surface area contributed by atoms with Crippen molar-refractivity contribution in [2.75, 3.05) is 19.0 Å². The summed E-state index contributed by atoms with van der Waals surface area (Å²) in [6.07, 6.45) is 0. The number of carbonyl (C=O) groups excluding carboxylic acids is 1. The number of nitrogens with zero attached hydrogens (tertiary/aromatic N) is 1. The molecule has 2 rings (SSSR count). The zero-order valence-corrected chi connectivity index (χ0v) is 14.0. The number of hydrogen-bond acceptors (Lipinski definition) is 4.